The predicted molar refractivity (Wildman–Crippen MR) is 54.5 cm³/mol. The molecule has 70 valence electrons. The van der Waals surface area contributed by atoms with Crippen LogP contribution in [0.3, 0.4) is 0 Å². The predicted octanol–water partition coefficient (Wildman–Crippen LogP) is 1.07. The van der Waals surface area contributed by atoms with Gasteiger partial charge in [-0.05, 0) is 13.0 Å². The number of hydrogen-bond donors (Lipinski definition) is 1. The van der Waals surface area contributed by atoms with E-state index in [2.05, 4.69) is 16.5 Å². The molecule has 0 aliphatic rings. The van der Waals surface area contributed by atoms with Crippen LogP contribution in [-0.2, 0) is 0 Å². The summed E-state index contributed by atoms with van der Waals surface area (Å²) in [5.41, 5.74) is 6.59. The zero-order valence-electron chi connectivity index (χ0n) is 7.99. The summed E-state index contributed by atoms with van der Waals surface area (Å²) in [6.07, 6.45) is 1.65. The summed E-state index contributed by atoms with van der Waals surface area (Å²) in [5.74, 6) is 1.11. The number of likely N-dealkylation sites (N-methyl/N-ethyl adjacent to an activating group) is 1. The number of aromatic nitrogens is 2. The van der Waals surface area contributed by atoms with E-state index in [4.69, 9.17) is 5.73 Å². The average molecular weight is 178 g/mol. The fraction of sp³-hybridized carbons (Fsp3) is 0.333. The van der Waals surface area contributed by atoms with E-state index in [1.807, 2.05) is 18.9 Å². The molecule has 4 nitrogen and oxygen atoms in total. The van der Waals surface area contributed by atoms with Gasteiger partial charge in [-0.1, -0.05) is 12.2 Å². The van der Waals surface area contributed by atoms with Crippen molar-refractivity contribution >= 4 is 11.8 Å². The monoisotopic (exact) mass is 178 g/mol. The number of nitrogens with two attached hydrogens (primary N) is 1. The molecule has 0 aliphatic carbocycles. The SMILES string of the molecule is C=C(C)CN(C)c1nccc(N)n1. The second kappa shape index (κ2) is 3.89. The van der Waals surface area contributed by atoms with Crippen molar-refractivity contribution in [2.75, 3.05) is 24.2 Å². The average Bonchev–Trinajstić information content (AvgIpc) is 2.03. The van der Waals surface area contributed by atoms with Crippen molar-refractivity contribution in [3.63, 3.8) is 0 Å². The van der Waals surface area contributed by atoms with Crippen molar-refractivity contribution < 1.29 is 0 Å². The highest BCUT2D eigenvalue weighted by molar-refractivity contribution is 5.37. The molecule has 1 aromatic heterocycles. The van der Waals surface area contributed by atoms with E-state index < -0.39 is 0 Å². The van der Waals surface area contributed by atoms with Crippen LogP contribution in [0.15, 0.2) is 24.4 Å². The molecule has 0 aromatic carbocycles. The van der Waals surface area contributed by atoms with Gasteiger partial charge in [-0.3, -0.25) is 0 Å². The molecule has 0 bridgehead atoms. The van der Waals surface area contributed by atoms with E-state index in [-0.39, 0.29) is 0 Å². The highest BCUT2D eigenvalue weighted by Crippen LogP contribution is 2.07. The van der Waals surface area contributed by atoms with Gasteiger partial charge in [0, 0.05) is 19.8 Å². The van der Waals surface area contributed by atoms with Gasteiger partial charge in [0.2, 0.25) is 5.95 Å². The Kier molecular flexibility index (Phi) is 2.84. The molecular formula is C9H14N4. The summed E-state index contributed by atoms with van der Waals surface area (Å²) in [6.45, 7) is 6.52. The van der Waals surface area contributed by atoms with Gasteiger partial charge >= 0.3 is 0 Å². The Morgan fingerprint density at radius 3 is 2.92 bits per heavy atom. The van der Waals surface area contributed by atoms with Crippen LogP contribution in [0.4, 0.5) is 11.8 Å². The summed E-state index contributed by atoms with van der Waals surface area (Å²) < 4.78 is 0. The minimum Gasteiger partial charge on any atom is -0.384 e. The van der Waals surface area contributed by atoms with Crippen LogP contribution in [0.2, 0.25) is 0 Å². The first-order chi connectivity index (χ1) is 6.09. The van der Waals surface area contributed by atoms with Crippen molar-refractivity contribution in [3.8, 4) is 0 Å². The number of rotatable bonds is 3. The molecule has 0 fully saturated rings. The van der Waals surface area contributed by atoms with Crippen molar-refractivity contribution in [1.29, 1.82) is 0 Å². The number of anilines is 2. The maximum Gasteiger partial charge on any atom is 0.227 e. The first-order valence-corrected chi connectivity index (χ1v) is 4.03. The van der Waals surface area contributed by atoms with Crippen LogP contribution < -0.4 is 10.6 Å². The van der Waals surface area contributed by atoms with Crippen LogP contribution in [0.25, 0.3) is 0 Å². The summed E-state index contributed by atoms with van der Waals surface area (Å²) in [5, 5.41) is 0. The Labute approximate surface area is 78.1 Å². The lowest BCUT2D eigenvalue weighted by Crippen LogP contribution is -2.21. The number of nitrogens with zero attached hydrogens (tertiary/aromatic N) is 3. The third kappa shape index (κ3) is 2.74. The van der Waals surface area contributed by atoms with Crippen LogP contribution >= 0.6 is 0 Å². The second-order valence-electron chi connectivity index (χ2n) is 3.09. The maximum atomic E-state index is 5.53. The van der Waals surface area contributed by atoms with Crippen LogP contribution in [0.5, 0.6) is 0 Å². The Hall–Kier alpha value is -1.58. The van der Waals surface area contributed by atoms with Crippen molar-refractivity contribution in [2.45, 2.75) is 6.92 Å². The highest BCUT2D eigenvalue weighted by Gasteiger charge is 2.03. The van der Waals surface area contributed by atoms with Gasteiger partial charge in [-0.15, -0.1) is 0 Å². The molecule has 0 atom stereocenters. The summed E-state index contributed by atoms with van der Waals surface area (Å²) in [4.78, 5) is 10.1. The van der Waals surface area contributed by atoms with Gasteiger partial charge in [0.05, 0.1) is 0 Å². The van der Waals surface area contributed by atoms with E-state index in [9.17, 15) is 0 Å². The minimum absolute atomic E-state index is 0.485. The molecule has 0 aliphatic heterocycles. The van der Waals surface area contributed by atoms with E-state index in [0.29, 0.717) is 11.8 Å². The first kappa shape index (κ1) is 9.51. The van der Waals surface area contributed by atoms with Crippen molar-refractivity contribution in [1.82, 2.24) is 9.97 Å². The largest absolute Gasteiger partial charge is 0.384 e. The third-order valence-corrected chi connectivity index (χ3v) is 1.51. The zero-order chi connectivity index (χ0) is 9.84. The molecule has 4 heteroatoms. The molecule has 0 saturated heterocycles. The topological polar surface area (TPSA) is 55.0 Å². The molecular weight excluding hydrogens is 164 g/mol. The zero-order valence-corrected chi connectivity index (χ0v) is 7.99. The molecule has 1 rings (SSSR count). The smallest absolute Gasteiger partial charge is 0.227 e. The minimum atomic E-state index is 0.485. The van der Waals surface area contributed by atoms with E-state index in [1.54, 1.807) is 12.3 Å². The van der Waals surface area contributed by atoms with Gasteiger partial charge in [0.25, 0.3) is 0 Å². The van der Waals surface area contributed by atoms with Gasteiger partial charge in [0.15, 0.2) is 0 Å². The maximum absolute atomic E-state index is 5.53. The number of nitrogen functional groups attached to an aromatic ring is 1. The molecule has 13 heavy (non-hydrogen) atoms. The molecule has 0 saturated carbocycles. The van der Waals surface area contributed by atoms with Gasteiger partial charge in [-0.2, -0.15) is 4.98 Å². The Morgan fingerprint density at radius 1 is 1.69 bits per heavy atom. The molecule has 0 amide bonds. The second-order valence-corrected chi connectivity index (χ2v) is 3.09. The fourth-order valence-electron chi connectivity index (χ4n) is 1.02. The lowest BCUT2D eigenvalue weighted by atomic mass is 10.3. The van der Waals surface area contributed by atoms with E-state index >= 15 is 0 Å². The standard InChI is InChI=1S/C9H14N4/c1-7(2)6-13(3)9-11-5-4-8(10)12-9/h4-5H,1,6H2,2-3H3,(H2,10,11,12). The normalized spacial score (nSPS) is 9.69. The summed E-state index contributed by atoms with van der Waals surface area (Å²) in [6, 6.07) is 1.66. The molecule has 0 unspecified atom stereocenters. The van der Waals surface area contributed by atoms with Crippen molar-refractivity contribution in [2.24, 2.45) is 0 Å². The molecule has 2 N–H and O–H groups in total. The Morgan fingerprint density at radius 2 is 2.38 bits per heavy atom. The van der Waals surface area contributed by atoms with Gasteiger partial charge in [-0.25, -0.2) is 4.98 Å². The quantitative estimate of drug-likeness (QED) is 0.703. The molecule has 1 aromatic rings. The van der Waals surface area contributed by atoms with Crippen LogP contribution in [0.1, 0.15) is 6.92 Å². The Balaban J connectivity index is 2.76. The van der Waals surface area contributed by atoms with E-state index in [1.165, 1.54) is 0 Å². The number of hydrogen-bond acceptors (Lipinski definition) is 4. The van der Waals surface area contributed by atoms with Gasteiger partial charge < -0.3 is 10.6 Å². The lowest BCUT2D eigenvalue weighted by molar-refractivity contribution is 0.917. The first-order valence-electron chi connectivity index (χ1n) is 4.03. The van der Waals surface area contributed by atoms with Gasteiger partial charge in [0.1, 0.15) is 5.82 Å². The van der Waals surface area contributed by atoms with Crippen LogP contribution in [-0.4, -0.2) is 23.6 Å². The third-order valence-electron chi connectivity index (χ3n) is 1.51. The molecule has 0 spiro atoms. The molecule has 1 heterocycles. The summed E-state index contributed by atoms with van der Waals surface area (Å²) in [7, 11) is 1.91. The van der Waals surface area contributed by atoms with Crippen molar-refractivity contribution in [3.05, 3.63) is 24.4 Å². The lowest BCUT2D eigenvalue weighted by Gasteiger charge is -2.16. The van der Waals surface area contributed by atoms with Crippen LogP contribution in [0, 0.1) is 0 Å². The fourth-order valence-corrected chi connectivity index (χ4v) is 1.02. The Bertz CT molecular complexity index is 308. The highest BCUT2D eigenvalue weighted by atomic mass is 15.2. The molecule has 0 radical (unpaired) electrons. The summed E-state index contributed by atoms with van der Waals surface area (Å²) >= 11 is 0. The van der Waals surface area contributed by atoms with E-state index in [0.717, 1.165) is 12.1 Å².